The van der Waals surface area contributed by atoms with Crippen LogP contribution in [0.3, 0.4) is 0 Å². The molecule has 4 rings (SSSR count). The second kappa shape index (κ2) is 12.1. The van der Waals surface area contributed by atoms with Gasteiger partial charge < -0.3 is 10.1 Å². The van der Waals surface area contributed by atoms with Gasteiger partial charge in [-0.05, 0) is 60.7 Å². The first-order chi connectivity index (χ1) is 18.2. The van der Waals surface area contributed by atoms with Crippen LogP contribution in [0.15, 0.2) is 82.6 Å². The van der Waals surface area contributed by atoms with E-state index in [9.17, 15) is 21.6 Å². The van der Waals surface area contributed by atoms with Crippen molar-refractivity contribution in [3.8, 4) is 5.75 Å². The average Bonchev–Trinajstić information content (AvgIpc) is 3.49. The number of benzene rings is 3. The van der Waals surface area contributed by atoms with Gasteiger partial charge in [0.2, 0.25) is 20.0 Å². The number of amides is 1. The van der Waals surface area contributed by atoms with Crippen molar-refractivity contribution in [3.05, 3.63) is 89.5 Å². The van der Waals surface area contributed by atoms with Crippen molar-refractivity contribution in [2.24, 2.45) is 0 Å². The summed E-state index contributed by atoms with van der Waals surface area (Å²) >= 11 is 0. The fourth-order valence-electron chi connectivity index (χ4n) is 4.21. The Bertz CT molecular complexity index is 1470. The molecule has 1 saturated heterocycles. The van der Waals surface area contributed by atoms with E-state index in [0.29, 0.717) is 19.5 Å². The molecule has 9 nitrogen and oxygen atoms in total. The van der Waals surface area contributed by atoms with Crippen LogP contribution < -0.4 is 14.8 Å². The Morgan fingerprint density at radius 2 is 1.58 bits per heavy atom. The van der Waals surface area contributed by atoms with Gasteiger partial charge in [-0.3, -0.25) is 4.79 Å². The first-order valence-corrected chi connectivity index (χ1v) is 15.2. The third-order valence-corrected chi connectivity index (χ3v) is 9.69. The molecule has 0 atom stereocenters. The molecule has 2 N–H and O–H groups in total. The third kappa shape index (κ3) is 6.60. The third-order valence-electron chi connectivity index (χ3n) is 6.35. The van der Waals surface area contributed by atoms with E-state index in [1.165, 1.54) is 29.6 Å². The molecular weight excluding hydrogens is 526 g/mol. The van der Waals surface area contributed by atoms with Crippen LogP contribution in [0.25, 0.3) is 0 Å². The molecule has 1 aliphatic heterocycles. The van der Waals surface area contributed by atoms with Gasteiger partial charge in [-0.25, -0.2) is 21.6 Å². The van der Waals surface area contributed by atoms with E-state index in [0.717, 1.165) is 24.0 Å². The van der Waals surface area contributed by atoms with Gasteiger partial charge in [-0.15, -0.1) is 0 Å². The maximum absolute atomic E-state index is 13.0. The molecule has 1 fully saturated rings. The topological polar surface area (TPSA) is 122 Å². The van der Waals surface area contributed by atoms with Gasteiger partial charge in [0.15, 0.2) is 0 Å². The Labute approximate surface area is 223 Å². The zero-order chi connectivity index (χ0) is 27.2. The molecule has 0 spiro atoms. The lowest BCUT2D eigenvalue weighted by Crippen LogP contribution is -2.28. The first-order valence-electron chi connectivity index (χ1n) is 12.3. The van der Waals surface area contributed by atoms with E-state index in [1.807, 2.05) is 30.3 Å². The van der Waals surface area contributed by atoms with E-state index < -0.39 is 26.0 Å². The van der Waals surface area contributed by atoms with Crippen LogP contribution in [0, 0.1) is 0 Å². The predicted octanol–water partition coefficient (Wildman–Crippen LogP) is 2.93. The molecular formula is C27H31N3O6S2. The van der Waals surface area contributed by atoms with Crippen molar-refractivity contribution >= 4 is 26.0 Å². The summed E-state index contributed by atoms with van der Waals surface area (Å²) in [5.74, 6) is -0.300. The highest BCUT2D eigenvalue weighted by atomic mass is 32.2. The molecule has 0 aromatic heterocycles. The van der Waals surface area contributed by atoms with Crippen LogP contribution in [0.2, 0.25) is 0 Å². The van der Waals surface area contributed by atoms with Gasteiger partial charge in [-0.1, -0.05) is 42.5 Å². The highest BCUT2D eigenvalue weighted by Crippen LogP contribution is 2.25. The summed E-state index contributed by atoms with van der Waals surface area (Å²) in [5.41, 5.74) is 1.84. The lowest BCUT2D eigenvalue weighted by atomic mass is 10.1. The molecule has 3 aromatic rings. The molecule has 0 unspecified atom stereocenters. The van der Waals surface area contributed by atoms with Crippen LogP contribution >= 0.6 is 0 Å². The van der Waals surface area contributed by atoms with E-state index in [2.05, 4.69) is 10.0 Å². The molecule has 0 radical (unpaired) electrons. The summed E-state index contributed by atoms with van der Waals surface area (Å²) < 4.78 is 60.6. The van der Waals surface area contributed by atoms with Gasteiger partial charge >= 0.3 is 0 Å². The Kier molecular flexibility index (Phi) is 8.83. The molecule has 11 heteroatoms. The highest BCUT2D eigenvalue weighted by Gasteiger charge is 2.27. The highest BCUT2D eigenvalue weighted by molar-refractivity contribution is 7.89. The van der Waals surface area contributed by atoms with Crippen LogP contribution in [0.4, 0.5) is 0 Å². The molecule has 1 heterocycles. The van der Waals surface area contributed by atoms with Gasteiger partial charge in [0, 0.05) is 31.7 Å². The minimum absolute atomic E-state index is 0.0981. The number of nitrogens with one attached hydrogen (secondary N) is 2. The SMILES string of the molecule is COc1ccc(C(=O)NCCc2ccc(S(=O)(=O)N3CCCC3)cc2)cc1S(=O)(=O)NCc1ccccc1. The molecule has 1 aliphatic rings. The number of rotatable bonds is 11. The number of methoxy groups -OCH3 is 1. The molecule has 0 bridgehead atoms. The second-order valence-electron chi connectivity index (χ2n) is 8.94. The summed E-state index contributed by atoms with van der Waals surface area (Å²) in [6.45, 7) is 1.49. The maximum Gasteiger partial charge on any atom is 0.251 e. The number of sulfonamides is 2. The largest absolute Gasteiger partial charge is 0.495 e. The number of hydrogen-bond donors (Lipinski definition) is 2. The maximum atomic E-state index is 13.0. The smallest absolute Gasteiger partial charge is 0.251 e. The van der Waals surface area contributed by atoms with Gasteiger partial charge in [0.1, 0.15) is 10.6 Å². The molecule has 0 aliphatic carbocycles. The van der Waals surface area contributed by atoms with Crippen molar-refractivity contribution in [2.75, 3.05) is 26.7 Å². The molecule has 3 aromatic carbocycles. The van der Waals surface area contributed by atoms with Crippen molar-refractivity contribution in [3.63, 3.8) is 0 Å². The minimum Gasteiger partial charge on any atom is -0.495 e. The van der Waals surface area contributed by atoms with Gasteiger partial charge in [0.05, 0.1) is 12.0 Å². The molecule has 38 heavy (non-hydrogen) atoms. The second-order valence-corrected chi connectivity index (χ2v) is 12.6. The Morgan fingerprint density at radius 1 is 0.895 bits per heavy atom. The van der Waals surface area contributed by atoms with Crippen LogP contribution in [-0.2, 0) is 33.0 Å². The Hall–Kier alpha value is -3.25. The number of nitrogens with zero attached hydrogens (tertiary/aromatic N) is 1. The summed E-state index contributed by atoms with van der Waals surface area (Å²) in [6, 6.07) is 20.0. The number of carbonyl (C=O) groups excluding carboxylic acids is 1. The monoisotopic (exact) mass is 557 g/mol. The van der Waals surface area contributed by atoms with E-state index in [-0.39, 0.29) is 34.2 Å². The van der Waals surface area contributed by atoms with Crippen LogP contribution in [0.1, 0.15) is 34.3 Å². The molecule has 1 amide bonds. The molecule has 0 saturated carbocycles. The predicted molar refractivity (Wildman–Crippen MR) is 144 cm³/mol. The Balaban J connectivity index is 1.37. The first kappa shape index (κ1) is 27.8. The zero-order valence-electron chi connectivity index (χ0n) is 21.1. The van der Waals surface area contributed by atoms with Crippen LogP contribution in [-0.4, -0.2) is 53.8 Å². The lowest BCUT2D eigenvalue weighted by Gasteiger charge is -2.15. The van der Waals surface area contributed by atoms with Crippen LogP contribution in [0.5, 0.6) is 5.75 Å². The normalized spacial score (nSPS) is 14.3. The van der Waals surface area contributed by atoms with Gasteiger partial charge in [0.25, 0.3) is 5.91 Å². The molecule has 202 valence electrons. The quantitative estimate of drug-likeness (QED) is 0.374. The summed E-state index contributed by atoms with van der Waals surface area (Å²) in [7, 11) is -6.05. The van der Waals surface area contributed by atoms with Crippen molar-refractivity contribution in [1.29, 1.82) is 0 Å². The summed E-state index contributed by atoms with van der Waals surface area (Å²) in [4.78, 5) is 12.9. The number of carbonyl (C=O) groups is 1. The summed E-state index contributed by atoms with van der Waals surface area (Å²) in [6.07, 6.45) is 2.24. The minimum atomic E-state index is -3.95. The van der Waals surface area contributed by atoms with E-state index in [1.54, 1.807) is 24.3 Å². The number of ether oxygens (including phenoxy) is 1. The van der Waals surface area contributed by atoms with Gasteiger partial charge in [-0.2, -0.15) is 4.31 Å². The average molecular weight is 558 g/mol. The van der Waals surface area contributed by atoms with E-state index >= 15 is 0 Å². The fraction of sp³-hybridized carbons (Fsp3) is 0.296. The number of hydrogen-bond acceptors (Lipinski definition) is 6. The van der Waals surface area contributed by atoms with Crippen molar-refractivity contribution in [1.82, 2.24) is 14.3 Å². The zero-order valence-corrected chi connectivity index (χ0v) is 22.7. The summed E-state index contributed by atoms with van der Waals surface area (Å²) in [5, 5.41) is 2.79. The lowest BCUT2D eigenvalue weighted by molar-refractivity contribution is 0.0954. The van der Waals surface area contributed by atoms with E-state index in [4.69, 9.17) is 4.74 Å². The fourth-order valence-corrected chi connectivity index (χ4v) is 6.94. The Morgan fingerprint density at radius 3 is 2.24 bits per heavy atom. The van der Waals surface area contributed by atoms with Crippen molar-refractivity contribution < 1.29 is 26.4 Å². The van der Waals surface area contributed by atoms with Crippen molar-refractivity contribution in [2.45, 2.75) is 35.6 Å². The standard InChI is InChI=1S/C27H31N3O6S2/c1-36-25-14-11-23(19-26(25)37(32,33)29-20-22-7-3-2-4-8-22)27(31)28-16-15-21-9-12-24(13-10-21)38(34,35)30-17-5-6-18-30/h2-4,7-14,19,29H,5-6,15-18,20H2,1H3,(H,28,31).